The molecule has 6 aromatic heterocycles. The lowest BCUT2D eigenvalue weighted by Gasteiger charge is -2.11. The normalized spacial score (nSPS) is 10.8. The van der Waals surface area contributed by atoms with Crippen LogP contribution < -0.4 is 23.7 Å². The summed E-state index contributed by atoms with van der Waals surface area (Å²) >= 11 is 6.92. The molecule has 0 saturated heterocycles. The van der Waals surface area contributed by atoms with Gasteiger partial charge in [0.1, 0.15) is 61.1 Å². The van der Waals surface area contributed by atoms with E-state index in [-0.39, 0.29) is 0 Å². The molecule has 13 aromatic rings. The quantitative estimate of drug-likeness (QED) is 0.112. The zero-order chi connectivity index (χ0) is 54.7. The van der Waals surface area contributed by atoms with Crippen LogP contribution in [0, 0.1) is 13.8 Å². The molecule has 0 unspecified atom stereocenters. The van der Waals surface area contributed by atoms with Crippen LogP contribution in [0.1, 0.15) is 16.7 Å². The van der Waals surface area contributed by atoms with Crippen LogP contribution >= 0.6 is 31.9 Å². The van der Waals surface area contributed by atoms with Crippen molar-refractivity contribution in [3.8, 4) is 63.0 Å². The van der Waals surface area contributed by atoms with Crippen molar-refractivity contribution < 1.29 is 23.7 Å². The number of aryl methyl sites for hydroxylation is 2. The third kappa shape index (κ3) is 12.8. The minimum absolute atomic E-state index is 0.596. The molecular formula is C62H52Br2N10O5. The molecule has 79 heavy (non-hydrogen) atoms. The van der Waals surface area contributed by atoms with Crippen LogP contribution in [-0.4, -0.2) is 71.2 Å². The maximum Gasteiger partial charge on any atom is 0.185 e. The fourth-order valence-corrected chi connectivity index (χ4v) is 9.27. The van der Waals surface area contributed by atoms with Crippen molar-refractivity contribution in [1.82, 2.24) is 49.9 Å². The lowest BCUT2D eigenvalue weighted by atomic mass is 10.1. The number of pyridine rings is 2. The molecule has 394 valence electrons. The van der Waals surface area contributed by atoms with E-state index in [0.717, 1.165) is 87.8 Å². The van der Waals surface area contributed by atoms with Gasteiger partial charge in [0.25, 0.3) is 0 Å². The molecule has 7 aromatic carbocycles. The van der Waals surface area contributed by atoms with Crippen molar-refractivity contribution >= 4 is 76.0 Å². The maximum atomic E-state index is 6.16. The predicted octanol–water partition coefficient (Wildman–Crippen LogP) is 15.6. The number of halogens is 2. The van der Waals surface area contributed by atoms with Gasteiger partial charge >= 0.3 is 0 Å². The van der Waals surface area contributed by atoms with Gasteiger partial charge in [0.15, 0.2) is 11.3 Å². The van der Waals surface area contributed by atoms with Gasteiger partial charge in [-0.2, -0.15) is 10.2 Å². The van der Waals surface area contributed by atoms with Crippen LogP contribution in [0.15, 0.2) is 204 Å². The second-order valence-corrected chi connectivity index (χ2v) is 19.4. The van der Waals surface area contributed by atoms with E-state index in [1.54, 1.807) is 33.7 Å². The van der Waals surface area contributed by atoms with Crippen LogP contribution in [0.2, 0.25) is 0 Å². The number of nitrogens with zero attached hydrogens (tertiary/aromatic N) is 7. The fraction of sp³-hybridized carbons (Fsp3) is 0.0968. The summed E-state index contributed by atoms with van der Waals surface area (Å²) < 4.78 is 31.1. The average molecular weight is 1180 g/mol. The number of rotatable bonds is 11. The first-order valence-electron chi connectivity index (χ1n) is 24.9. The Hall–Kier alpha value is -9.32. The van der Waals surface area contributed by atoms with Gasteiger partial charge in [-0.15, -0.1) is 0 Å². The smallest absolute Gasteiger partial charge is 0.185 e. The van der Waals surface area contributed by atoms with Gasteiger partial charge in [0, 0.05) is 42.2 Å². The van der Waals surface area contributed by atoms with E-state index in [2.05, 4.69) is 109 Å². The van der Waals surface area contributed by atoms with Crippen LogP contribution in [0.4, 0.5) is 0 Å². The molecule has 6 heterocycles. The number of aromatic nitrogens is 10. The molecule has 0 aliphatic heterocycles. The van der Waals surface area contributed by atoms with Gasteiger partial charge < -0.3 is 33.2 Å². The highest BCUT2D eigenvalue weighted by molar-refractivity contribution is 9.10. The van der Waals surface area contributed by atoms with E-state index < -0.39 is 0 Å². The fourth-order valence-electron chi connectivity index (χ4n) is 8.35. The predicted molar refractivity (Wildman–Crippen MR) is 318 cm³/mol. The summed E-state index contributed by atoms with van der Waals surface area (Å²) in [5.41, 5.74) is 10.9. The van der Waals surface area contributed by atoms with Gasteiger partial charge in [0.05, 0.1) is 54.2 Å². The van der Waals surface area contributed by atoms with Crippen molar-refractivity contribution in [3.05, 3.63) is 220 Å². The van der Waals surface area contributed by atoms with Crippen molar-refractivity contribution in [1.29, 1.82) is 0 Å². The Morgan fingerprint density at radius 2 is 0.924 bits per heavy atom. The molecule has 15 nitrogen and oxygen atoms in total. The Morgan fingerprint density at radius 1 is 0.468 bits per heavy atom. The van der Waals surface area contributed by atoms with Gasteiger partial charge in [0.2, 0.25) is 0 Å². The third-order valence-corrected chi connectivity index (χ3v) is 13.6. The summed E-state index contributed by atoms with van der Waals surface area (Å²) in [5.74, 6) is 7.22. The monoisotopic (exact) mass is 1170 g/mol. The van der Waals surface area contributed by atoms with Gasteiger partial charge in [-0.3, -0.25) is 10.2 Å². The number of methoxy groups -OCH3 is 3. The van der Waals surface area contributed by atoms with Gasteiger partial charge in [-0.25, -0.2) is 19.9 Å². The van der Waals surface area contributed by atoms with Crippen LogP contribution in [0.5, 0.6) is 40.2 Å². The number of fused-ring (bicyclic) bond motifs is 4. The first-order chi connectivity index (χ1) is 38.6. The first-order valence-corrected chi connectivity index (χ1v) is 26.5. The van der Waals surface area contributed by atoms with E-state index in [1.165, 1.54) is 16.7 Å². The first kappa shape index (κ1) is 53.1. The number of hydrogen-bond acceptors (Lipinski definition) is 11. The van der Waals surface area contributed by atoms with Crippen molar-refractivity contribution in [2.75, 3.05) is 21.3 Å². The minimum atomic E-state index is 0.596. The summed E-state index contributed by atoms with van der Waals surface area (Å²) in [6.07, 6.45) is 3.36. The Bertz CT molecular complexity index is 4030. The number of ether oxygens (including phenoxy) is 5. The largest absolute Gasteiger partial charge is 0.497 e. The molecule has 3 N–H and O–H groups in total. The van der Waals surface area contributed by atoms with E-state index in [1.807, 2.05) is 164 Å². The molecule has 0 aliphatic carbocycles. The molecule has 13 rings (SSSR count). The molecule has 0 saturated carbocycles. The third-order valence-electron chi connectivity index (χ3n) is 12.5. The summed E-state index contributed by atoms with van der Waals surface area (Å²) in [7, 11) is 5.02. The standard InChI is InChI=1S/C27H20BrN5O2.C19H12BrN5O.2C8H10O/c1-34-19-10-6-17(7-11-19)16-33-22-5-3-2-4-21(22)30-27(33)18-8-12-20(13-9-18)35-23-14-15-29-26-24(23)25(28)31-32-26;20-17-16-15(9-10-21-19(16)25-24-17)26-12-7-5-11(6-8-12)18-22-13-3-1-2-4-14(13)23-18;2*1-7-3-5-8(9-2)6-4-7/h2-15H,16H2,1H3,(H,29,31,32);1-10H,(H,22,23)(H,21,24,25);2*3-6H,1-2H3. The number of imidazole rings is 2. The molecule has 0 atom stereocenters. The van der Waals surface area contributed by atoms with E-state index in [4.69, 9.17) is 28.7 Å². The number of H-pyrrole nitrogens is 3. The molecule has 0 amide bonds. The Balaban J connectivity index is 0.000000139. The molecule has 17 heteroatoms. The van der Waals surface area contributed by atoms with E-state index >= 15 is 0 Å². The number of benzene rings is 7. The topological polar surface area (TPSA) is 176 Å². The lowest BCUT2D eigenvalue weighted by molar-refractivity contribution is 0.414. The Morgan fingerprint density at radius 3 is 1.43 bits per heavy atom. The second kappa shape index (κ2) is 24.8. The lowest BCUT2D eigenvalue weighted by Crippen LogP contribution is -2.02. The second-order valence-electron chi connectivity index (χ2n) is 17.8. The van der Waals surface area contributed by atoms with Gasteiger partial charge in [-0.05, 0) is 160 Å². The summed E-state index contributed by atoms with van der Waals surface area (Å²) in [5, 5.41) is 15.6. The number of nitrogens with one attached hydrogen (secondary N) is 3. The van der Waals surface area contributed by atoms with E-state index in [0.29, 0.717) is 35.1 Å². The number of para-hydroxylation sites is 4. The zero-order valence-corrected chi connectivity index (χ0v) is 46.8. The molecule has 0 radical (unpaired) electrons. The molecule has 0 aliphatic rings. The Labute approximate surface area is 471 Å². The highest BCUT2D eigenvalue weighted by Crippen LogP contribution is 2.36. The van der Waals surface area contributed by atoms with Crippen LogP contribution in [0.25, 0.3) is 66.9 Å². The van der Waals surface area contributed by atoms with E-state index in [9.17, 15) is 0 Å². The zero-order valence-electron chi connectivity index (χ0n) is 43.6. The molecular weight excluding hydrogens is 1120 g/mol. The Kier molecular flexibility index (Phi) is 16.7. The summed E-state index contributed by atoms with van der Waals surface area (Å²) in [6.45, 7) is 4.81. The molecule has 0 bridgehead atoms. The van der Waals surface area contributed by atoms with Crippen molar-refractivity contribution in [2.45, 2.75) is 20.4 Å². The highest BCUT2D eigenvalue weighted by Gasteiger charge is 2.16. The highest BCUT2D eigenvalue weighted by atomic mass is 79.9. The van der Waals surface area contributed by atoms with Crippen LogP contribution in [-0.2, 0) is 6.54 Å². The van der Waals surface area contributed by atoms with Gasteiger partial charge in [-0.1, -0.05) is 71.8 Å². The summed E-state index contributed by atoms with van der Waals surface area (Å²) in [4.78, 5) is 21.4. The SMILES string of the molecule is Brc1[nH]nc2nccc(Oc3ccc(-c4nc5ccccc5[nH]4)cc3)c12.COc1ccc(C)cc1.COc1ccc(C)cc1.COc1ccc(Cn2c(-c3ccc(Oc4ccnc5n[nH]c(Br)c45)cc3)nc3ccccc32)cc1. The number of hydrogen-bond donors (Lipinski definition) is 3. The van der Waals surface area contributed by atoms with Crippen LogP contribution in [0.3, 0.4) is 0 Å². The molecule has 0 spiro atoms. The summed E-state index contributed by atoms with van der Waals surface area (Å²) in [6, 6.07) is 59.6. The molecule has 0 fully saturated rings. The maximum absolute atomic E-state index is 6.16. The van der Waals surface area contributed by atoms with Crippen molar-refractivity contribution in [2.24, 2.45) is 0 Å². The average Bonchev–Trinajstić information content (AvgIpc) is 4.43. The minimum Gasteiger partial charge on any atom is -0.497 e. The number of aromatic amines is 3. The van der Waals surface area contributed by atoms with Crippen molar-refractivity contribution in [3.63, 3.8) is 0 Å².